The number of benzene rings is 5. The molecule has 0 unspecified atom stereocenters. The Morgan fingerprint density at radius 1 is 0.488 bits per heavy atom. The molecular formula is C37H39N3Sn. The summed E-state index contributed by atoms with van der Waals surface area (Å²) in [4.78, 5) is 10.9. The molecule has 0 saturated heterocycles. The summed E-state index contributed by atoms with van der Waals surface area (Å²) in [6.45, 7) is 8.32. The van der Waals surface area contributed by atoms with Crippen LogP contribution < -0.4 is 10.7 Å². The summed E-state index contributed by atoms with van der Waals surface area (Å²) in [5.41, 5.74) is 6.82. The van der Waals surface area contributed by atoms with Crippen molar-refractivity contribution >= 4 is 54.5 Å². The van der Waals surface area contributed by atoms with Crippen LogP contribution >= 0.6 is 0 Å². The number of aliphatic imine (C=N–C) groups is 2. The first-order valence-corrected chi connectivity index (χ1v) is 18.9. The summed E-state index contributed by atoms with van der Waals surface area (Å²) < 4.78 is 4.63. The number of hydrogen-bond donors (Lipinski definition) is 0. The molecule has 206 valence electrons. The SMILES string of the molecule is Cc1ccc(/N=C/N(C)/C=N/c2ccc(C)cc2C)c(C)c1.c1cc[c]([SnH]([c]2ccccc2)[c]2ccccc2)cc1. The van der Waals surface area contributed by atoms with Gasteiger partial charge in [-0.25, -0.2) is 9.98 Å². The Balaban J connectivity index is 0.000000191. The van der Waals surface area contributed by atoms with Gasteiger partial charge in [-0.2, -0.15) is 0 Å². The molecule has 5 aromatic rings. The first-order chi connectivity index (χ1) is 19.9. The Morgan fingerprint density at radius 2 is 0.829 bits per heavy atom. The molecule has 3 nitrogen and oxygen atoms in total. The van der Waals surface area contributed by atoms with Gasteiger partial charge in [0.05, 0.1) is 24.1 Å². The van der Waals surface area contributed by atoms with E-state index in [1.54, 1.807) is 23.4 Å². The molecule has 5 aromatic carbocycles. The summed E-state index contributed by atoms with van der Waals surface area (Å²) in [6, 6.07) is 45.5. The summed E-state index contributed by atoms with van der Waals surface area (Å²) in [5.74, 6) is 0. The normalized spacial score (nSPS) is 11.1. The zero-order valence-electron chi connectivity index (χ0n) is 24.7. The van der Waals surface area contributed by atoms with Gasteiger partial charge in [-0.15, -0.1) is 0 Å². The van der Waals surface area contributed by atoms with Crippen molar-refractivity contribution in [2.45, 2.75) is 27.7 Å². The van der Waals surface area contributed by atoms with Crippen molar-refractivity contribution in [2.24, 2.45) is 9.98 Å². The number of rotatable bonds is 7. The van der Waals surface area contributed by atoms with E-state index in [0.717, 1.165) is 11.4 Å². The van der Waals surface area contributed by atoms with Crippen LogP contribution in [0.5, 0.6) is 0 Å². The second-order valence-corrected chi connectivity index (χ2v) is 18.6. The number of aryl methyl sites for hydroxylation is 4. The van der Waals surface area contributed by atoms with Crippen LogP contribution in [0.3, 0.4) is 0 Å². The summed E-state index contributed by atoms with van der Waals surface area (Å²) in [7, 11) is 1.93. The van der Waals surface area contributed by atoms with Gasteiger partial charge in [0.1, 0.15) is 0 Å². The fourth-order valence-corrected chi connectivity index (χ4v) is 13.2. The summed E-state index contributed by atoms with van der Waals surface area (Å²) >= 11 is -2.14. The Kier molecular flexibility index (Phi) is 11.1. The molecule has 0 fully saturated rings. The van der Waals surface area contributed by atoms with Crippen LogP contribution in [-0.2, 0) is 0 Å². The molecule has 0 heterocycles. The van der Waals surface area contributed by atoms with Gasteiger partial charge in [-0.05, 0) is 51.0 Å². The van der Waals surface area contributed by atoms with E-state index in [9.17, 15) is 0 Å². The van der Waals surface area contributed by atoms with Gasteiger partial charge in [0, 0.05) is 7.05 Å². The minimum atomic E-state index is -2.14. The van der Waals surface area contributed by atoms with Crippen LogP contribution in [0.1, 0.15) is 22.3 Å². The van der Waals surface area contributed by atoms with E-state index in [2.05, 4.69) is 153 Å². The molecule has 4 heteroatoms. The first kappa shape index (κ1) is 30.0. The van der Waals surface area contributed by atoms with E-state index in [0.29, 0.717) is 0 Å². The van der Waals surface area contributed by atoms with Crippen LogP contribution in [0.2, 0.25) is 0 Å². The van der Waals surface area contributed by atoms with Crippen LogP contribution in [0.15, 0.2) is 137 Å². The quantitative estimate of drug-likeness (QED) is 0.109. The van der Waals surface area contributed by atoms with Gasteiger partial charge in [0.25, 0.3) is 0 Å². The van der Waals surface area contributed by atoms with Crippen molar-refractivity contribution in [1.29, 1.82) is 0 Å². The van der Waals surface area contributed by atoms with E-state index >= 15 is 0 Å². The van der Waals surface area contributed by atoms with Crippen molar-refractivity contribution in [2.75, 3.05) is 7.05 Å². The predicted molar refractivity (Wildman–Crippen MR) is 181 cm³/mol. The predicted octanol–water partition coefficient (Wildman–Crippen LogP) is 6.81. The molecule has 0 aliphatic carbocycles. The van der Waals surface area contributed by atoms with Gasteiger partial charge in [-0.1, -0.05) is 35.4 Å². The van der Waals surface area contributed by atoms with E-state index in [1.807, 2.05) is 24.1 Å². The van der Waals surface area contributed by atoms with E-state index in [-0.39, 0.29) is 0 Å². The van der Waals surface area contributed by atoms with Crippen LogP contribution in [0, 0.1) is 27.7 Å². The maximum atomic E-state index is 4.51. The zero-order valence-corrected chi connectivity index (χ0v) is 28.0. The second kappa shape index (κ2) is 15.2. The fraction of sp³-hybridized carbons (Fsp3) is 0.135. The summed E-state index contributed by atoms with van der Waals surface area (Å²) in [6.07, 6.45) is 3.56. The molecule has 0 saturated carbocycles. The first-order valence-electron chi connectivity index (χ1n) is 14.0. The van der Waals surface area contributed by atoms with E-state index in [4.69, 9.17) is 0 Å². The van der Waals surface area contributed by atoms with E-state index in [1.165, 1.54) is 22.3 Å². The fourth-order valence-electron chi connectivity index (χ4n) is 4.75. The Hall–Kier alpha value is -3.96. The molecule has 0 amide bonds. The van der Waals surface area contributed by atoms with Crippen LogP contribution in [-0.4, -0.2) is 44.4 Å². The zero-order chi connectivity index (χ0) is 29.0. The van der Waals surface area contributed by atoms with E-state index < -0.39 is 19.8 Å². The number of nitrogens with zero attached hydrogens (tertiary/aromatic N) is 3. The molecule has 0 N–H and O–H groups in total. The molecule has 41 heavy (non-hydrogen) atoms. The second-order valence-electron chi connectivity index (χ2n) is 10.4. The van der Waals surface area contributed by atoms with Crippen molar-refractivity contribution < 1.29 is 0 Å². The van der Waals surface area contributed by atoms with Gasteiger partial charge in [0.15, 0.2) is 0 Å². The third-order valence-electron chi connectivity index (χ3n) is 6.86. The van der Waals surface area contributed by atoms with Gasteiger partial charge >= 0.3 is 121 Å². The molecule has 0 aromatic heterocycles. The average molecular weight is 644 g/mol. The Labute approximate surface area is 252 Å². The molecule has 5 rings (SSSR count). The van der Waals surface area contributed by atoms with Gasteiger partial charge < -0.3 is 4.90 Å². The molecule has 0 spiro atoms. The maximum absolute atomic E-state index is 4.51. The van der Waals surface area contributed by atoms with Crippen molar-refractivity contribution in [3.8, 4) is 0 Å². The molecule has 0 aliphatic heterocycles. The number of hydrogen-bond acceptors (Lipinski definition) is 2. The third kappa shape index (κ3) is 9.02. The van der Waals surface area contributed by atoms with Crippen molar-refractivity contribution in [3.05, 3.63) is 150 Å². The third-order valence-corrected chi connectivity index (χ3v) is 15.9. The molecule has 0 bridgehead atoms. The van der Waals surface area contributed by atoms with Crippen molar-refractivity contribution in [3.63, 3.8) is 0 Å². The Bertz CT molecular complexity index is 1420. The minimum absolute atomic E-state index is 0.984. The molecule has 0 aliphatic rings. The van der Waals surface area contributed by atoms with Crippen LogP contribution in [0.25, 0.3) is 0 Å². The summed E-state index contributed by atoms with van der Waals surface area (Å²) in [5, 5.41) is 0. The van der Waals surface area contributed by atoms with Crippen molar-refractivity contribution in [1.82, 2.24) is 4.90 Å². The topological polar surface area (TPSA) is 28.0 Å². The molecular weight excluding hydrogens is 605 g/mol. The Morgan fingerprint density at radius 3 is 1.15 bits per heavy atom. The van der Waals surface area contributed by atoms with Gasteiger partial charge in [0.2, 0.25) is 0 Å². The standard InChI is InChI=1S/C19H23N3.3C6H5.Sn.H/c1-14-6-8-18(16(3)10-14)20-12-22(5)13-21-19-9-7-15(2)11-17(19)4;3*1-2-4-6-5-3-1;;/h6-13H,1-5H3;3*1-5H;;/b20-12+,21-13+;;;;;. The monoisotopic (exact) mass is 645 g/mol. The van der Waals surface area contributed by atoms with Crippen LogP contribution in [0.4, 0.5) is 11.4 Å². The molecule has 0 radical (unpaired) electrons. The van der Waals surface area contributed by atoms with Gasteiger partial charge in [-0.3, -0.25) is 0 Å². The molecule has 0 atom stereocenters. The average Bonchev–Trinajstić information content (AvgIpc) is 2.98.